The van der Waals surface area contributed by atoms with Gasteiger partial charge in [0.2, 0.25) is 0 Å². The van der Waals surface area contributed by atoms with E-state index in [1.807, 2.05) is 13.8 Å². The average Bonchev–Trinajstić information content (AvgIpc) is 2.18. The van der Waals surface area contributed by atoms with Crippen LogP contribution in [-0.2, 0) is 9.47 Å². The normalized spacial score (nSPS) is 38.4. The molecule has 0 aliphatic carbocycles. The fourth-order valence-electron chi connectivity index (χ4n) is 1.08. The molecule has 1 N–H and O–H groups in total. The van der Waals surface area contributed by atoms with Gasteiger partial charge in [-0.2, -0.15) is 0 Å². The van der Waals surface area contributed by atoms with Crippen molar-refractivity contribution in [3.63, 3.8) is 0 Å². The van der Waals surface area contributed by atoms with Gasteiger partial charge in [0.1, 0.15) is 14.0 Å². The Morgan fingerprint density at radius 2 is 2.27 bits per heavy atom. The Bertz CT molecular complexity index is 129. The van der Waals surface area contributed by atoms with Crippen LogP contribution in [0.2, 0.25) is 0 Å². The van der Waals surface area contributed by atoms with Crippen LogP contribution in [0.25, 0.3) is 0 Å². The summed E-state index contributed by atoms with van der Waals surface area (Å²) in [5, 5.41) is 9.33. The first-order chi connectivity index (χ1) is 5.11. The molecule has 1 saturated heterocycles. The largest absolute Gasteiger partial charge is 0.388 e. The van der Waals surface area contributed by atoms with Crippen LogP contribution in [-0.4, -0.2) is 43.9 Å². The van der Waals surface area contributed by atoms with E-state index in [1.54, 1.807) is 0 Å². The van der Waals surface area contributed by atoms with E-state index in [4.69, 9.17) is 17.3 Å². The summed E-state index contributed by atoms with van der Waals surface area (Å²) in [6, 6.07) is -0.584. The topological polar surface area (TPSA) is 38.7 Å². The van der Waals surface area contributed by atoms with Crippen molar-refractivity contribution < 1.29 is 14.6 Å². The molecule has 0 bridgehead atoms. The van der Waals surface area contributed by atoms with Crippen molar-refractivity contribution in [3.8, 4) is 0 Å². The van der Waals surface area contributed by atoms with E-state index in [-0.39, 0.29) is 12.2 Å². The van der Waals surface area contributed by atoms with E-state index in [0.717, 1.165) is 0 Å². The fourth-order valence-corrected chi connectivity index (χ4v) is 1.08. The Hall–Kier alpha value is -0.0551. The van der Waals surface area contributed by atoms with Crippen molar-refractivity contribution in [2.24, 2.45) is 0 Å². The fraction of sp³-hybridized carbons (Fsp3) is 1.00. The first-order valence-electron chi connectivity index (χ1n) is 3.82. The van der Waals surface area contributed by atoms with Crippen LogP contribution in [0.1, 0.15) is 13.8 Å². The van der Waals surface area contributed by atoms with E-state index in [0.29, 0.717) is 6.61 Å². The smallest absolute Gasteiger partial charge is 0.112 e. The third kappa shape index (κ3) is 2.19. The second kappa shape index (κ2) is 3.56. The van der Waals surface area contributed by atoms with Crippen molar-refractivity contribution in [3.05, 3.63) is 0 Å². The molecule has 3 atom stereocenters. The van der Waals surface area contributed by atoms with Crippen molar-refractivity contribution in [1.29, 1.82) is 0 Å². The van der Waals surface area contributed by atoms with Gasteiger partial charge in [0, 0.05) is 6.00 Å². The zero-order valence-electron chi connectivity index (χ0n) is 6.86. The lowest BCUT2D eigenvalue weighted by molar-refractivity contribution is -0.0423. The van der Waals surface area contributed by atoms with Gasteiger partial charge in [-0.1, -0.05) is 0 Å². The molecule has 0 aromatic rings. The standard InChI is InChI=1S/C7H13BO3/c1-4(2)11-5-3-10-7(8)6(5)9/h4-7,9H,3H2,1-2H3/t5?,6-,7-/m1/s1. The number of hydrogen-bond donors (Lipinski definition) is 1. The summed E-state index contributed by atoms with van der Waals surface area (Å²) in [6.07, 6.45) is -0.842. The van der Waals surface area contributed by atoms with Gasteiger partial charge in [-0.25, -0.2) is 0 Å². The summed E-state index contributed by atoms with van der Waals surface area (Å²) in [5.41, 5.74) is 0. The first-order valence-corrected chi connectivity index (χ1v) is 3.82. The highest BCUT2D eigenvalue weighted by Gasteiger charge is 2.33. The summed E-state index contributed by atoms with van der Waals surface area (Å²) in [4.78, 5) is 0. The van der Waals surface area contributed by atoms with Crippen LogP contribution >= 0.6 is 0 Å². The van der Waals surface area contributed by atoms with Crippen LogP contribution in [0, 0.1) is 0 Å². The van der Waals surface area contributed by atoms with Crippen LogP contribution in [0.5, 0.6) is 0 Å². The Balaban J connectivity index is 2.36. The summed E-state index contributed by atoms with van der Waals surface area (Å²) < 4.78 is 10.3. The van der Waals surface area contributed by atoms with E-state index in [1.165, 1.54) is 0 Å². The Kier molecular flexibility index (Phi) is 2.93. The maximum atomic E-state index is 9.33. The molecule has 11 heavy (non-hydrogen) atoms. The van der Waals surface area contributed by atoms with Crippen molar-refractivity contribution in [2.45, 2.75) is 38.2 Å². The van der Waals surface area contributed by atoms with E-state index in [2.05, 4.69) is 0 Å². The van der Waals surface area contributed by atoms with E-state index >= 15 is 0 Å². The van der Waals surface area contributed by atoms with Gasteiger partial charge in [0.15, 0.2) is 0 Å². The second-order valence-corrected chi connectivity index (χ2v) is 3.01. The third-order valence-electron chi connectivity index (χ3n) is 1.62. The predicted molar refractivity (Wildman–Crippen MR) is 41.5 cm³/mol. The van der Waals surface area contributed by atoms with Crippen LogP contribution in [0.15, 0.2) is 0 Å². The molecule has 0 saturated carbocycles. The molecule has 62 valence electrons. The molecule has 2 radical (unpaired) electrons. The van der Waals surface area contributed by atoms with Gasteiger partial charge in [0.25, 0.3) is 0 Å². The van der Waals surface area contributed by atoms with Crippen molar-refractivity contribution in [2.75, 3.05) is 6.61 Å². The molecule has 0 aromatic heterocycles. The minimum atomic E-state index is -0.683. The molecule has 0 aromatic carbocycles. The molecule has 3 nitrogen and oxygen atoms in total. The van der Waals surface area contributed by atoms with E-state index < -0.39 is 12.1 Å². The van der Waals surface area contributed by atoms with Crippen molar-refractivity contribution in [1.82, 2.24) is 0 Å². The lowest BCUT2D eigenvalue weighted by Crippen LogP contribution is -2.33. The number of hydrogen-bond acceptors (Lipinski definition) is 3. The van der Waals surface area contributed by atoms with Gasteiger partial charge >= 0.3 is 0 Å². The quantitative estimate of drug-likeness (QED) is 0.556. The SMILES string of the molecule is [B][C@@H]1OCC(OC(C)C)[C@H]1O. The molecule has 0 amide bonds. The Morgan fingerprint density at radius 3 is 2.64 bits per heavy atom. The Morgan fingerprint density at radius 1 is 1.64 bits per heavy atom. The van der Waals surface area contributed by atoms with Crippen LogP contribution in [0.3, 0.4) is 0 Å². The number of aliphatic hydroxyl groups excluding tert-OH is 1. The maximum Gasteiger partial charge on any atom is 0.112 e. The monoisotopic (exact) mass is 156 g/mol. The molecule has 1 heterocycles. The van der Waals surface area contributed by atoms with Crippen molar-refractivity contribution >= 4 is 7.85 Å². The molecule has 1 aliphatic rings. The molecule has 1 fully saturated rings. The maximum absolute atomic E-state index is 9.33. The molecule has 4 heteroatoms. The molecular formula is C7H13BO3. The molecular weight excluding hydrogens is 143 g/mol. The highest BCUT2D eigenvalue weighted by molar-refractivity contribution is 6.11. The minimum Gasteiger partial charge on any atom is -0.388 e. The third-order valence-corrected chi connectivity index (χ3v) is 1.62. The highest BCUT2D eigenvalue weighted by Crippen LogP contribution is 2.15. The summed E-state index contributed by atoms with van der Waals surface area (Å²) >= 11 is 0. The predicted octanol–water partition coefficient (Wildman–Crippen LogP) is -0.334. The van der Waals surface area contributed by atoms with Gasteiger partial charge in [0.05, 0.1) is 18.8 Å². The zero-order valence-corrected chi connectivity index (χ0v) is 6.86. The summed E-state index contributed by atoms with van der Waals surface area (Å²) in [7, 11) is 5.39. The van der Waals surface area contributed by atoms with E-state index in [9.17, 15) is 5.11 Å². The first kappa shape index (κ1) is 9.04. The minimum absolute atomic E-state index is 0.101. The van der Waals surface area contributed by atoms with Gasteiger partial charge < -0.3 is 14.6 Å². The molecule has 0 spiro atoms. The number of ether oxygens (including phenoxy) is 2. The van der Waals surface area contributed by atoms with Crippen LogP contribution < -0.4 is 0 Å². The lowest BCUT2D eigenvalue weighted by Gasteiger charge is -2.17. The van der Waals surface area contributed by atoms with Gasteiger partial charge in [-0.15, -0.1) is 0 Å². The average molecular weight is 156 g/mol. The van der Waals surface area contributed by atoms with Gasteiger partial charge in [-0.05, 0) is 13.8 Å². The van der Waals surface area contributed by atoms with Crippen LogP contribution in [0.4, 0.5) is 0 Å². The number of rotatable bonds is 2. The molecule has 1 rings (SSSR count). The summed E-state index contributed by atoms with van der Waals surface area (Å²) in [6.45, 7) is 4.22. The lowest BCUT2D eigenvalue weighted by atomic mass is 9.94. The summed E-state index contributed by atoms with van der Waals surface area (Å²) in [5.74, 6) is 0. The Labute approximate surface area is 68.1 Å². The number of aliphatic hydroxyl groups is 1. The highest BCUT2D eigenvalue weighted by atomic mass is 16.6. The van der Waals surface area contributed by atoms with Gasteiger partial charge in [-0.3, -0.25) is 0 Å². The second-order valence-electron chi connectivity index (χ2n) is 3.01. The molecule has 1 aliphatic heterocycles. The zero-order chi connectivity index (χ0) is 8.43. The molecule has 1 unspecified atom stereocenters.